The lowest BCUT2D eigenvalue weighted by Crippen LogP contribution is -1.91. The Morgan fingerprint density at radius 1 is 0.227 bits per heavy atom. The third-order valence-electron chi connectivity index (χ3n) is 9.76. The average Bonchev–Trinajstić information content (AvgIpc) is 3.10. The van der Waals surface area contributed by atoms with Gasteiger partial charge in [0.05, 0.1) is 0 Å². The van der Waals surface area contributed by atoms with Crippen LogP contribution in [0.2, 0.25) is 0 Å². The van der Waals surface area contributed by atoms with E-state index in [2.05, 4.69) is 158 Å². The summed E-state index contributed by atoms with van der Waals surface area (Å²) in [5, 5.41) is 15.8. The van der Waals surface area contributed by atoms with Gasteiger partial charge in [-0.2, -0.15) is 0 Å². The summed E-state index contributed by atoms with van der Waals surface area (Å²) in [5.41, 5.74) is 7.59. The molecule has 0 nitrogen and oxygen atoms in total. The Hall–Kier alpha value is -5.72. The molecule has 0 atom stereocenters. The molecule has 10 aromatic carbocycles. The molecule has 0 N–H and O–H groups in total. The van der Waals surface area contributed by atoms with Crippen LogP contribution in [0.15, 0.2) is 158 Å². The molecule has 10 rings (SSSR count). The predicted molar refractivity (Wildman–Crippen MR) is 190 cm³/mol. The number of hydrogen-bond acceptors (Lipinski definition) is 0. The highest BCUT2D eigenvalue weighted by atomic mass is 14.2. The zero-order valence-corrected chi connectivity index (χ0v) is 24.0. The van der Waals surface area contributed by atoms with Crippen LogP contribution in [0.1, 0.15) is 0 Å². The first-order valence-electron chi connectivity index (χ1n) is 15.4. The first-order chi connectivity index (χ1) is 21.8. The lowest BCUT2D eigenvalue weighted by Gasteiger charge is -2.18. The Morgan fingerprint density at radius 2 is 0.636 bits per heavy atom. The number of rotatable bonds is 3. The average molecular weight is 555 g/mol. The Kier molecular flexibility index (Phi) is 4.81. The Labute approximate surface area is 255 Å². The van der Waals surface area contributed by atoms with Gasteiger partial charge in [-0.1, -0.05) is 152 Å². The van der Waals surface area contributed by atoms with Crippen molar-refractivity contribution in [2.45, 2.75) is 0 Å². The minimum absolute atomic E-state index is 1.24. The van der Waals surface area contributed by atoms with Crippen molar-refractivity contribution in [1.82, 2.24) is 0 Å². The van der Waals surface area contributed by atoms with Crippen molar-refractivity contribution in [3.05, 3.63) is 158 Å². The summed E-state index contributed by atoms with van der Waals surface area (Å²) in [6, 6.07) is 58.6. The maximum atomic E-state index is 2.34. The Bertz CT molecular complexity index is 2680. The van der Waals surface area contributed by atoms with Gasteiger partial charge in [0.15, 0.2) is 0 Å². The summed E-state index contributed by atoms with van der Waals surface area (Å²) in [5.74, 6) is 0. The van der Waals surface area contributed by atoms with Crippen molar-refractivity contribution in [3.8, 4) is 33.4 Å². The summed E-state index contributed by atoms with van der Waals surface area (Å²) in [7, 11) is 0. The molecular weight excluding hydrogens is 528 g/mol. The highest BCUT2D eigenvalue weighted by Crippen LogP contribution is 2.45. The fourth-order valence-corrected chi connectivity index (χ4v) is 7.75. The standard InChI is InChI=1S/C44H26/c1-2-6-27(7-3-1)33-10-5-11-34(26-33)35-20-14-31-19-25-40-37(22-16-32-18-23-38(35)43(31)44(32)40)36-21-15-30-13-12-28-8-4-9-29-17-24-39(36)42(30)41(28)29/h1-26H. The van der Waals surface area contributed by atoms with E-state index in [0.717, 1.165) is 0 Å². The third-order valence-corrected chi connectivity index (χ3v) is 9.76. The van der Waals surface area contributed by atoms with Gasteiger partial charge in [-0.25, -0.2) is 0 Å². The summed E-state index contributed by atoms with van der Waals surface area (Å²) in [6.45, 7) is 0. The van der Waals surface area contributed by atoms with Gasteiger partial charge in [0.2, 0.25) is 0 Å². The van der Waals surface area contributed by atoms with E-state index in [4.69, 9.17) is 0 Å². The molecule has 0 bridgehead atoms. The maximum absolute atomic E-state index is 2.34. The van der Waals surface area contributed by atoms with E-state index in [0.29, 0.717) is 0 Å². The van der Waals surface area contributed by atoms with Gasteiger partial charge >= 0.3 is 0 Å². The molecule has 0 fully saturated rings. The van der Waals surface area contributed by atoms with Crippen molar-refractivity contribution in [2.75, 3.05) is 0 Å². The highest BCUT2D eigenvalue weighted by molar-refractivity contribution is 6.30. The van der Waals surface area contributed by atoms with Gasteiger partial charge in [0.25, 0.3) is 0 Å². The molecule has 0 aliphatic carbocycles. The fraction of sp³-hybridized carbons (Fsp3) is 0. The molecule has 10 aromatic rings. The molecule has 0 amide bonds. The van der Waals surface area contributed by atoms with Gasteiger partial charge in [-0.3, -0.25) is 0 Å². The molecular formula is C44H26. The van der Waals surface area contributed by atoms with Gasteiger partial charge in [0.1, 0.15) is 0 Å². The summed E-state index contributed by atoms with van der Waals surface area (Å²) in [4.78, 5) is 0. The SMILES string of the molecule is c1ccc(-c2cccc(-c3ccc4ccc5c(-c6ccc7ccc8cccc9ccc6c7c89)ccc6ccc3c4c65)c2)cc1. The van der Waals surface area contributed by atoms with Crippen molar-refractivity contribution < 1.29 is 0 Å². The predicted octanol–water partition coefficient (Wildman–Crippen LogP) is 12.5. The molecule has 0 aromatic heterocycles. The van der Waals surface area contributed by atoms with Crippen LogP contribution in [-0.2, 0) is 0 Å². The van der Waals surface area contributed by atoms with Crippen molar-refractivity contribution in [2.24, 2.45) is 0 Å². The van der Waals surface area contributed by atoms with Crippen LogP contribution in [-0.4, -0.2) is 0 Å². The molecule has 44 heavy (non-hydrogen) atoms. The monoisotopic (exact) mass is 554 g/mol. The molecule has 0 spiro atoms. The minimum Gasteiger partial charge on any atom is -0.0622 e. The second-order valence-corrected chi connectivity index (χ2v) is 12.1. The zero-order chi connectivity index (χ0) is 28.8. The number of benzene rings is 10. The van der Waals surface area contributed by atoms with Gasteiger partial charge in [0, 0.05) is 0 Å². The third kappa shape index (κ3) is 3.28. The first kappa shape index (κ1) is 23.8. The smallest absolute Gasteiger partial charge is 0.00203 e. The van der Waals surface area contributed by atoms with Crippen LogP contribution in [0.25, 0.3) is 98.0 Å². The fourth-order valence-electron chi connectivity index (χ4n) is 7.75. The molecule has 0 saturated heterocycles. The molecule has 0 saturated carbocycles. The first-order valence-corrected chi connectivity index (χ1v) is 15.4. The quantitative estimate of drug-likeness (QED) is 0.191. The topological polar surface area (TPSA) is 0 Å². The van der Waals surface area contributed by atoms with E-state index in [1.807, 2.05) is 0 Å². The Balaban J connectivity index is 1.24. The lowest BCUT2D eigenvalue weighted by atomic mass is 9.85. The summed E-state index contributed by atoms with van der Waals surface area (Å²) in [6.07, 6.45) is 0. The Morgan fingerprint density at radius 3 is 1.25 bits per heavy atom. The highest BCUT2D eigenvalue weighted by Gasteiger charge is 2.17. The maximum Gasteiger partial charge on any atom is -0.00203 e. The van der Waals surface area contributed by atoms with Crippen LogP contribution in [0.3, 0.4) is 0 Å². The van der Waals surface area contributed by atoms with Crippen molar-refractivity contribution in [1.29, 1.82) is 0 Å². The molecule has 0 heterocycles. The van der Waals surface area contributed by atoms with Crippen LogP contribution in [0.4, 0.5) is 0 Å². The van der Waals surface area contributed by atoms with E-state index >= 15 is 0 Å². The van der Waals surface area contributed by atoms with Gasteiger partial charge < -0.3 is 0 Å². The van der Waals surface area contributed by atoms with E-state index in [1.165, 1.54) is 98.0 Å². The molecule has 0 heteroatoms. The van der Waals surface area contributed by atoms with Gasteiger partial charge in [-0.05, 0) is 104 Å². The number of hydrogen-bond donors (Lipinski definition) is 0. The molecule has 0 unspecified atom stereocenters. The lowest BCUT2D eigenvalue weighted by molar-refractivity contribution is 1.61. The second-order valence-electron chi connectivity index (χ2n) is 12.1. The summed E-state index contributed by atoms with van der Waals surface area (Å²) >= 11 is 0. The van der Waals surface area contributed by atoms with Crippen LogP contribution < -0.4 is 0 Å². The largest absolute Gasteiger partial charge is 0.0622 e. The minimum atomic E-state index is 1.24. The van der Waals surface area contributed by atoms with E-state index in [9.17, 15) is 0 Å². The van der Waals surface area contributed by atoms with Crippen molar-refractivity contribution in [3.63, 3.8) is 0 Å². The zero-order valence-electron chi connectivity index (χ0n) is 24.0. The van der Waals surface area contributed by atoms with E-state index in [-0.39, 0.29) is 0 Å². The normalized spacial score (nSPS) is 12.1. The van der Waals surface area contributed by atoms with Crippen LogP contribution in [0, 0.1) is 0 Å². The van der Waals surface area contributed by atoms with Crippen LogP contribution in [0.5, 0.6) is 0 Å². The second kappa shape index (κ2) is 8.89. The molecule has 202 valence electrons. The van der Waals surface area contributed by atoms with E-state index < -0.39 is 0 Å². The molecule has 0 aliphatic rings. The molecule has 0 radical (unpaired) electrons. The van der Waals surface area contributed by atoms with Crippen molar-refractivity contribution >= 4 is 64.6 Å². The summed E-state index contributed by atoms with van der Waals surface area (Å²) < 4.78 is 0. The molecule has 0 aliphatic heterocycles. The van der Waals surface area contributed by atoms with Gasteiger partial charge in [-0.15, -0.1) is 0 Å². The van der Waals surface area contributed by atoms with E-state index in [1.54, 1.807) is 0 Å². The van der Waals surface area contributed by atoms with Crippen LogP contribution >= 0.6 is 0 Å².